The molecule has 0 radical (unpaired) electrons. The molecule has 0 atom stereocenters. The first-order chi connectivity index (χ1) is 10.9. The molecule has 1 amide bonds. The fraction of sp³-hybridized carbons (Fsp3) is 0.0667. The van der Waals surface area contributed by atoms with E-state index < -0.39 is 24.3 Å². The number of benzene rings is 2. The molecule has 0 aliphatic heterocycles. The molecule has 0 saturated heterocycles. The molecule has 0 spiro atoms. The minimum atomic E-state index is -0.750. The maximum atomic E-state index is 13.5. The Labute approximate surface area is 141 Å². The maximum absolute atomic E-state index is 13.5. The Bertz CT molecular complexity index is 768. The van der Waals surface area contributed by atoms with Gasteiger partial charge >= 0.3 is 5.97 Å². The monoisotopic (exact) mass is 356 g/mol. The number of anilines is 2. The molecule has 0 bridgehead atoms. The van der Waals surface area contributed by atoms with E-state index in [0.29, 0.717) is 5.02 Å². The van der Waals surface area contributed by atoms with Crippen molar-refractivity contribution in [3.8, 4) is 0 Å². The van der Waals surface area contributed by atoms with E-state index in [1.807, 2.05) is 0 Å². The summed E-state index contributed by atoms with van der Waals surface area (Å²) in [5, 5.41) is 2.77. The van der Waals surface area contributed by atoms with Crippen molar-refractivity contribution in [1.82, 2.24) is 0 Å². The van der Waals surface area contributed by atoms with Gasteiger partial charge in [0.25, 0.3) is 5.91 Å². The zero-order valence-electron chi connectivity index (χ0n) is 11.6. The second-order valence-corrected chi connectivity index (χ2v) is 5.33. The van der Waals surface area contributed by atoms with E-state index in [9.17, 15) is 14.0 Å². The van der Waals surface area contributed by atoms with E-state index in [1.54, 1.807) is 0 Å². The highest BCUT2D eigenvalue weighted by atomic mass is 35.5. The van der Waals surface area contributed by atoms with E-state index >= 15 is 0 Å². The van der Waals surface area contributed by atoms with Gasteiger partial charge < -0.3 is 15.8 Å². The number of nitrogens with two attached hydrogens (primary N) is 1. The topological polar surface area (TPSA) is 81.4 Å². The minimum Gasteiger partial charge on any atom is -0.452 e. The molecule has 3 N–H and O–H groups in total. The van der Waals surface area contributed by atoms with E-state index in [1.165, 1.54) is 30.3 Å². The third kappa shape index (κ3) is 4.58. The zero-order valence-corrected chi connectivity index (χ0v) is 13.1. The summed E-state index contributed by atoms with van der Waals surface area (Å²) in [6.07, 6.45) is 0. The highest BCUT2D eigenvalue weighted by molar-refractivity contribution is 6.33. The van der Waals surface area contributed by atoms with Gasteiger partial charge in [0.05, 0.1) is 22.0 Å². The van der Waals surface area contributed by atoms with Crippen molar-refractivity contribution in [3.05, 3.63) is 57.8 Å². The zero-order chi connectivity index (χ0) is 17.0. The maximum Gasteiger partial charge on any atom is 0.338 e. The predicted molar refractivity (Wildman–Crippen MR) is 86.2 cm³/mol. The Morgan fingerprint density at radius 3 is 2.57 bits per heavy atom. The summed E-state index contributed by atoms with van der Waals surface area (Å²) in [4.78, 5) is 23.5. The van der Waals surface area contributed by atoms with Crippen molar-refractivity contribution in [1.29, 1.82) is 0 Å². The second kappa shape index (κ2) is 7.30. The van der Waals surface area contributed by atoms with Gasteiger partial charge in [-0.1, -0.05) is 23.2 Å². The lowest BCUT2D eigenvalue weighted by atomic mass is 10.2. The number of carbonyl (C=O) groups excluding carboxylic acids is 2. The number of ether oxygens (including phenoxy) is 1. The highest BCUT2D eigenvalue weighted by Gasteiger charge is 2.13. The Balaban J connectivity index is 1.93. The lowest BCUT2D eigenvalue weighted by molar-refractivity contribution is -0.119. The molecule has 2 rings (SSSR count). The number of halogens is 3. The van der Waals surface area contributed by atoms with Crippen LogP contribution in [0.15, 0.2) is 36.4 Å². The number of nitrogen functional groups attached to an aromatic ring is 1. The summed E-state index contributed by atoms with van der Waals surface area (Å²) in [6, 6.07) is 7.97. The van der Waals surface area contributed by atoms with Crippen LogP contribution in [-0.4, -0.2) is 18.5 Å². The Morgan fingerprint density at radius 1 is 1.17 bits per heavy atom. The van der Waals surface area contributed by atoms with Crippen LogP contribution in [0.25, 0.3) is 0 Å². The molecule has 8 heteroatoms. The molecule has 0 fully saturated rings. The summed E-state index contributed by atoms with van der Waals surface area (Å²) in [7, 11) is 0. The van der Waals surface area contributed by atoms with Crippen LogP contribution in [0.2, 0.25) is 10.0 Å². The molecule has 0 aliphatic rings. The molecule has 23 heavy (non-hydrogen) atoms. The van der Waals surface area contributed by atoms with Gasteiger partial charge in [-0.15, -0.1) is 0 Å². The van der Waals surface area contributed by atoms with E-state index in [0.717, 1.165) is 6.07 Å². The Kier molecular flexibility index (Phi) is 5.41. The largest absolute Gasteiger partial charge is 0.452 e. The SMILES string of the molecule is Nc1cc(C(=O)OCC(=O)Nc2ccc(Cl)cc2F)ccc1Cl. The van der Waals surface area contributed by atoms with Crippen LogP contribution in [0.1, 0.15) is 10.4 Å². The molecular formula is C15H11Cl2FN2O3. The van der Waals surface area contributed by atoms with Crippen LogP contribution in [0.5, 0.6) is 0 Å². The number of esters is 1. The Morgan fingerprint density at radius 2 is 1.91 bits per heavy atom. The number of amides is 1. The average molecular weight is 357 g/mol. The van der Waals surface area contributed by atoms with Gasteiger partial charge in [-0.25, -0.2) is 9.18 Å². The molecule has 0 aromatic heterocycles. The van der Waals surface area contributed by atoms with E-state index in [2.05, 4.69) is 5.32 Å². The van der Waals surface area contributed by atoms with E-state index in [4.69, 9.17) is 33.7 Å². The summed E-state index contributed by atoms with van der Waals surface area (Å²) in [6.45, 7) is -0.580. The molecular weight excluding hydrogens is 346 g/mol. The molecule has 0 aliphatic carbocycles. The lowest BCUT2D eigenvalue weighted by Crippen LogP contribution is -2.21. The van der Waals surface area contributed by atoms with E-state index in [-0.39, 0.29) is 22.0 Å². The van der Waals surface area contributed by atoms with Crippen molar-refractivity contribution in [2.45, 2.75) is 0 Å². The molecule has 0 heterocycles. The van der Waals surface area contributed by atoms with Crippen LogP contribution in [0.3, 0.4) is 0 Å². The molecule has 120 valence electrons. The third-order valence-corrected chi connectivity index (χ3v) is 3.35. The van der Waals surface area contributed by atoms with Gasteiger partial charge in [0.2, 0.25) is 0 Å². The normalized spacial score (nSPS) is 10.2. The van der Waals surface area contributed by atoms with Gasteiger partial charge in [-0.05, 0) is 36.4 Å². The Hall–Kier alpha value is -2.31. The molecule has 5 nitrogen and oxygen atoms in total. The van der Waals surface area contributed by atoms with Gasteiger partial charge in [-0.2, -0.15) is 0 Å². The summed E-state index contributed by atoms with van der Waals surface area (Å²) in [5.74, 6) is -2.13. The van der Waals surface area contributed by atoms with Crippen LogP contribution in [0.4, 0.5) is 15.8 Å². The summed E-state index contributed by atoms with van der Waals surface area (Å²) < 4.78 is 18.3. The standard InChI is InChI=1S/C15H11Cl2FN2O3/c16-9-2-4-13(11(18)6-9)20-14(21)7-23-15(22)8-1-3-10(17)12(19)5-8/h1-6H,7,19H2,(H,20,21). The van der Waals surface area contributed by atoms with Crippen molar-refractivity contribution in [2.24, 2.45) is 0 Å². The minimum absolute atomic E-state index is 0.0637. The molecule has 2 aromatic rings. The van der Waals surface area contributed by atoms with Crippen molar-refractivity contribution >= 4 is 46.5 Å². The third-order valence-electron chi connectivity index (χ3n) is 2.77. The molecule has 2 aromatic carbocycles. The van der Waals surface area contributed by atoms with Crippen LogP contribution >= 0.6 is 23.2 Å². The van der Waals surface area contributed by atoms with Crippen LogP contribution in [0, 0.1) is 5.82 Å². The average Bonchev–Trinajstić information content (AvgIpc) is 2.50. The van der Waals surface area contributed by atoms with Gasteiger partial charge in [-0.3, -0.25) is 4.79 Å². The predicted octanol–water partition coefficient (Wildman–Crippen LogP) is 3.51. The lowest BCUT2D eigenvalue weighted by Gasteiger charge is -2.08. The van der Waals surface area contributed by atoms with Gasteiger partial charge in [0.1, 0.15) is 5.82 Å². The van der Waals surface area contributed by atoms with Crippen LogP contribution < -0.4 is 11.1 Å². The number of carbonyl (C=O) groups is 2. The number of rotatable bonds is 4. The smallest absolute Gasteiger partial charge is 0.338 e. The molecule has 0 unspecified atom stereocenters. The summed E-state index contributed by atoms with van der Waals surface area (Å²) >= 11 is 11.3. The quantitative estimate of drug-likeness (QED) is 0.648. The summed E-state index contributed by atoms with van der Waals surface area (Å²) in [5.41, 5.74) is 5.88. The highest BCUT2D eigenvalue weighted by Crippen LogP contribution is 2.20. The van der Waals surface area contributed by atoms with Crippen molar-refractivity contribution in [2.75, 3.05) is 17.7 Å². The first kappa shape index (κ1) is 17.1. The first-order valence-corrected chi connectivity index (χ1v) is 7.09. The van der Waals surface area contributed by atoms with Gasteiger partial charge in [0.15, 0.2) is 6.61 Å². The van der Waals surface area contributed by atoms with Crippen LogP contribution in [-0.2, 0) is 9.53 Å². The number of hydrogen-bond donors (Lipinski definition) is 2. The number of nitrogens with one attached hydrogen (secondary N) is 1. The second-order valence-electron chi connectivity index (χ2n) is 4.48. The number of hydrogen-bond acceptors (Lipinski definition) is 4. The van der Waals surface area contributed by atoms with Gasteiger partial charge in [0, 0.05) is 5.02 Å². The van der Waals surface area contributed by atoms with Crippen molar-refractivity contribution < 1.29 is 18.7 Å². The fourth-order valence-electron chi connectivity index (χ4n) is 1.66. The molecule has 0 saturated carbocycles. The first-order valence-electron chi connectivity index (χ1n) is 6.34. The van der Waals surface area contributed by atoms with Crippen molar-refractivity contribution in [3.63, 3.8) is 0 Å². The fourth-order valence-corrected chi connectivity index (χ4v) is 1.94.